The number of Topliss-reactive ketones (excluding diaryl/α,β-unsaturated/α-hetero) is 1. The van der Waals surface area contributed by atoms with Crippen LogP contribution in [0.2, 0.25) is 0 Å². The van der Waals surface area contributed by atoms with Gasteiger partial charge in [0, 0.05) is 33.8 Å². The van der Waals surface area contributed by atoms with E-state index in [1.165, 1.54) is 17.0 Å². The minimum atomic E-state index is -0.729. The van der Waals surface area contributed by atoms with Crippen molar-refractivity contribution in [3.05, 3.63) is 124 Å². The average Bonchev–Trinajstić information content (AvgIpc) is 3.33. The smallest absolute Gasteiger partial charge is 0.238 e. The molecule has 1 saturated heterocycles. The van der Waals surface area contributed by atoms with E-state index in [1.54, 1.807) is 74.5 Å². The van der Waals surface area contributed by atoms with Crippen LogP contribution in [-0.4, -0.2) is 40.9 Å². The van der Waals surface area contributed by atoms with Gasteiger partial charge in [0.05, 0.1) is 24.1 Å². The molecule has 2 amide bonds. The Hall–Kier alpha value is -5.37. The highest BCUT2D eigenvalue weighted by molar-refractivity contribution is 6.25. The standard InChI is InChI=1S/C38H31NO7/c1-3-46-31-18-23(11-16-29(31)40)32-25-14-15-26-33(27(25)19-28-34(32)30(41)17-20(2)35(28)42)38(45)39(37(26)44)24-12-9-22(10-13-24)36(43)21-7-5-4-6-8-21/h4-14,16-18,26-27,32-33,40H,3,15,19H2,1-2H3. The summed E-state index contributed by atoms with van der Waals surface area (Å²) < 4.78 is 5.64. The number of ether oxygens (including phenoxy) is 1. The van der Waals surface area contributed by atoms with Crippen LogP contribution in [0.5, 0.6) is 11.5 Å². The van der Waals surface area contributed by atoms with E-state index in [0.717, 1.165) is 5.57 Å². The number of aromatic hydroxyl groups is 1. The largest absolute Gasteiger partial charge is 0.504 e. The number of benzene rings is 3. The SMILES string of the molecule is CCOc1cc(C2C3=CCC4C(=O)N(c5ccc(C(=O)c6ccccc6)cc5)C(=O)C4C3CC3=C2C(=O)C=C(C)C3=O)ccc1O. The van der Waals surface area contributed by atoms with Crippen LogP contribution in [0, 0.1) is 17.8 Å². The molecule has 0 bridgehead atoms. The second-order valence-electron chi connectivity index (χ2n) is 12.1. The number of anilines is 1. The van der Waals surface area contributed by atoms with Crippen molar-refractivity contribution in [2.75, 3.05) is 11.5 Å². The summed E-state index contributed by atoms with van der Waals surface area (Å²) in [5.74, 6) is -3.63. The van der Waals surface area contributed by atoms with Gasteiger partial charge in [-0.3, -0.25) is 28.9 Å². The number of amides is 2. The summed E-state index contributed by atoms with van der Waals surface area (Å²) in [6, 6.07) is 20.2. The number of carbonyl (C=O) groups excluding carboxylic acids is 5. The predicted octanol–water partition coefficient (Wildman–Crippen LogP) is 5.66. The quantitative estimate of drug-likeness (QED) is 0.165. The lowest BCUT2D eigenvalue weighted by Gasteiger charge is -2.42. The minimum absolute atomic E-state index is 0.0460. The van der Waals surface area contributed by atoms with E-state index in [4.69, 9.17) is 4.74 Å². The zero-order valence-corrected chi connectivity index (χ0v) is 25.4. The number of phenols is 1. The van der Waals surface area contributed by atoms with Gasteiger partial charge >= 0.3 is 0 Å². The summed E-state index contributed by atoms with van der Waals surface area (Å²) in [7, 11) is 0. The summed E-state index contributed by atoms with van der Waals surface area (Å²) in [5, 5.41) is 10.4. The van der Waals surface area contributed by atoms with Crippen molar-refractivity contribution in [1.29, 1.82) is 0 Å². The second kappa shape index (κ2) is 11.2. The summed E-state index contributed by atoms with van der Waals surface area (Å²) in [5.41, 5.74) is 3.90. The van der Waals surface area contributed by atoms with Crippen molar-refractivity contribution in [2.24, 2.45) is 17.8 Å². The Morgan fingerprint density at radius 3 is 2.35 bits per heavy atom. The fourth-order valence-corrected chi connectivity index (χ4v) is 7.52. The Labute approximate surface area is 265 Å². The number of allylic oxidation sites excluding steroid dienone is 6. The molecule has 230 valence electrons. The van der Waals surface area contributed by atoms with Crippen molar-refractivity contribution in [1.82, 2.24) is 0 Å². The lowest BCUT2D eigenvalue weighted by atomic mass is 9.59. The number of nitrogens with zero attached hydrogens (tertiary/aromatic N) is 1. The molecule has 0 spiro atoms. The van der Waals surface area contributed by atoms with Gasteiger partial charge < -0.3 is 9.84 Å². The maximum absolute atomic E-state index is 14.2. The van der Waals surface area contributed by atoms with E-state index in [-0.39, 0.29) is 47.1 Å². The molecule has 4 atom stereocenters. The molecule has 1 heterocycles. The lowest BCUT2D eigenvalue weighted by molar-refractivity contribution is -0.123. The van der Waals surface area contributed by atoms with Crippen LogP contribution in [0.1, 0.15) is 54.1 Å². The van der Waals surface area contributed by atoms with Gasteiger partial charge in [-0.2, -0.15) is 0 Å². The maximum atomic E-state index is 14.2. The van der Waals surface area contributed by atoms with Crippen LogP contribution in [0.4, 0.5) is 5.69 Å². The predicted molar refractivity (Wildman–Crippen MR) is 169 cm³/mol. The van der Waals surface area contributed by atoms with Crippen LogP contribution < -0.4 is 9.64 Å². The number of imide groups is 1. The van der Waals surface area contributed by atoms with Crippen molar-refractivity contribution in [3.8, 4) is 11.5 Å². The van der Waals surface area contributed by atoms with Gasteiger partial charge in [-0.05, 0) is 80.6 Å². The topological polar surface area (TPSA) is 118 Å². The Morgan fingerprint density at radius 1 is 0.913 bits per heavy atom. The molecule has 8 nitrogen and oxygen atoms in total. The van der Waals surface area contributed by atoms with Crippen molar-refractivity contribution in [3.63, 3.8) is 0 Å². The Bertz CT molecular complexity index is 1930. The van der Waals surface area contributed by atoms with Crippen molar-refractivity contribution < 1.29 is 33.8 Å². The number of carbonyl (C=O) groups is 5. The molecule has 3 aromatic carbocycles. The highest BCUT2D eigenvalue weighted by atomic mass is 16.5. The molecule has 3 aromatic rings. The van der Waals surface area contributed by atoms with Gasteiger partial charge in [0.15, 0.2) is 28.8 Å². The highest BCUT2D eigenvalue weighted by Gasteiger charge is 2.56. The summed E-state index contributed by atoms with van der Waals surface area (Å²) >= 11 is 0. The van der Waals surface area contributed by atoms with Crippen molar-refractivity contribution in [2.45, 2.75) is 32.6 Å². The fraction of sp³-hybridized carbons (Fsp3) is 0.237. The number of hydrogen-bond acceptors (Lipinski definition) is 7. The van der Waals surface area contributed by atoms with E-state index >= 15 is 0 Å². The van der Waals surface area contributed by atoms with Gasteiger partial charge in [-0.25, -0.2) is 0 Å². The third-order valence-electron chi connectivity index (χ3n) is 9.60. The van der Waals surface area contributed by atoms with E-state index in [1.807, 2.05) is 12.1 Å². The van der Waals surface area contributed by atoms with Crippen molar-refractivity contribution >= 4 is 34.9 Å². The number of fused-ring (bicyclic) bond motifs is 3. The number of ketones is 3. The summed E-state index contributed by atoms with van der Waals surface area (Å²) in [4.78, 5) is 69.3. The van der Waals surface area contributed by atoms with E-state index in [0.29, 0.717) is 52.1 Å². The molecule has 0 radical (unpaired) electrons. The monoisotopic (exact) mass is 613 g/mol. The second-order valence-corrected chi connectivity index (χ2v) is 12.1. The molecule has 7 rings (SSSR count). The first kappa shape index (κ1) is 29.3. The van der Waals surface area contributed by atoms with Crippen LogP contribution in [0.3, 0.4) is 0 Å². The normalized spacial score (nSPS) is 23.8. The summed E-state index contributed by atoms with van der Waals surface area (Å²) in [6.45, 7) is 3.73. The Morgan fingerprint density at radius 2 is 1.63 bits per heavy atom. The van der Waals surface area contributed by atoms with Gasteiger partial charge in [0.1, 0.15) is 0 Å². The van der Waals surface area contributed by atoms with E-state index < -0.39 is 23.7 Å². The fourth-order valence-electron chi connectivity index (χ4n) is 7.52. The van der Waals surface area contributed by atoms with Gasteiger partial charge in [0.2, 0.25) is 11.8 Å². The summed E-state index contributed by atoms with van der Waals surface area (Å²) in [6.07, 6.45) is 3.78. The van der Waals surface area contributed by atoms with E-state index in [9.17, 15) is 29.1 Å². The van der Waals surface area contributed by atoms with Gasteiger partial charge in [-0.1, -0.05) is 48.0 Å². The zero-order chi connectivity index (χ0) is 32.3. The molecule has 1 aliphatic heterocycles. The molecular formula is C38H31NO7. The number of phenolic OH excluding ortho intramolecular Hbond substituents is 1. The lowest BCUT2D eigenvalue weighted by Crippen LogP contribution is -2.39. The molecule has 4 unspecified atom stereocenters. The number of rotatable bonds is 6. The third-order valence-corrected chi connectivity index (χ3v) is 9.60. The van der Waals surface area contributed by atoms with Crippen LogP contribution in [-0.2, 0) is 19.2 Å². The third kappa shape index (κ3) is 4.55. The van der Waals surface area contributed by atoms with Crippen LogP contribution >= 0.6 is 0 Å². The molecular weight excluding hydrogens is 582 g/mol. The molecule has 3 aliphatic carbocycles. The molecule has 1 fully saturated rings. The average molecular weight is 614 g/mol. The molecule has 46 heavy (non-hydrogen) atoms. The van der Waals surface area contributed by atoms with Crippen LogP contribution in [0.25, 0.3) is 0 Å². The van der Waals surface area contributed by atoms with Gasteiger partial charge in [0.25, 0.3) is 0 Å². The molecule has 8 heteroatoms. The zero-order valence-electron chi connectivity index (χ0n) is 25.4. The van der Waals surface area contributed by atoms with Crippen LogP contribution in [0.15, 0.2) is 107 Å². The molecule has 0 aromatic heterocycles. The Balaban J connectivity index is 1.26. The highest BCUT2D eigenvalue weighted by Crippen LogP contribution is 2.55. The molecule has 0 saturated carbocycles. The molecule has 4 aliphatic rings. The Kier molecular flexibility index (Phi) is 7.15. The first-order valence-corrected chi connectivity index (χ1v) is 15.4. The number of hydrogen-bond donors (Lipinski definition) is 1. The first-order valence-electron chi connectivity index (χ1n) is 15.4. The first-order chi connectivity index (χ1) is 22.2. The maximum Gasteiger partial charge on any atom is 0.238 e. The van der Waals surface area contributed by atoms with Gasteiger partial charge in [-0.15, -0.1) is 0 Å². The van der Waals surface area contributed by atoms with E-state index in [2.05, 4.69) is 0 Å². The minimum Gasteiger partial charge on any atom is -0.504 e. The molecule has 1 N–H and O–H groups in total.